The Morgan fingerprint density at radius 1 is 1.31 bits per heavy atom. The standard InChI is InChI=1S/C12H17NO2.CH4/c1-13(9-10-14)12(15)8-7-11-5-3-2-4-6-11;/h2-6,14H,7-10H2,1H3;1H4. The van der Waals surface area contributed by atoms with Crippen molar-refractivity contribution in [2.45, 2.75) is 20.3 Å². The van der Waals surface area contributed by atoms with Crippen molar-refractivity contribution in [3.8, 4) is 0 Å². The molecule has 3 heteroatoms. The van der Waals surface area contributed by atoms with Gasteiger partial charge in [0.25, 0.3) is 0 Å². The van der Waals surface area contributed by atoms with Gasteiger partial charge in [-0.1, -0.05) is 37.8 Å². The van der Waals surface area contributed by atoms with Crippen molar-refractivity contribution in [2.24, 2.45) is 0 Å². The number of hydrogen-bond acceptors (Lipinski definition) is 2. The molecule has 0 saturated heterocycles. The third-order valence-electron chi connectivity index (χ3n) is 2.33. The summed E-state index contributed by atoms with van der Waals surface area (Å²) in [6.07, 6.45) is 1.26. The number of aliphatic hydroxyl groups excluding tert-OH is 1. The summed E-state index contributed by atoms with van der Waals surface area (Å²) in [5.41, 5.74) is 1.17. The van der Waals surface area contributed by atoms with Gasteiger partial charge in [0.05, 0.1) is 6.61 Å². The van der Waals surface area contributed by atoms with Gasteiger partial charge in [-0.25, -0.2) is 0 Å². The molecule has 0 aromatic heterocycles. The van der Waals surface area contributed by atoms with Crippen molar-refractivity contribution in [1.29, 1.82) is 0 Å². The fraction of sp³-hybridized carbons (Fsp3) is 0.462. The molecule has 1 aromatic carbocycles. The zero-order valence-electron chi connectivity index (χ0n) is 9.02. The summed E-state index contributed by atoms with van der Waals surface area (Å²) >= 11 is 0. The van der Waals surface area contributed by atoms with Crippen molar-refractivity contribution in [2.75, 3.05) is 20.2 Å². The van der Waals surface area contributed by atoms with Crippen LogP contribution in [0.15, 0.2) is 30.3 Å². The number of amides is 1. The first-order valence-corrected chi connectivity index (χ1v) is 5.13. The topological polar surface area (TPSA) is 40.5 Å². The molecule has 0 aliphatic heterocycles. The molecule has 0 aliphatic carbocycles. The molecule has 0 aliphatic rings. The number of benzene rings is 1. The van der Waals surface area contributed by atoms with Crippen molar-refractivity contribution in [3.05, 3.63) is 35.9 Å². The van der Waals surface area contributed by atoms with Crippen LogP contribution in [0.25, 0.3) is 0 Å². The van der Waals surface area contributed by atoms with Gasteiger partial charge in [0, 0.05) is 20.0 Å². The van der Waals surface area contributed by atoms with Crippen LogP contribution >= 0.6 is 0 Å². The highest BCUT2D eigenvalue weighted by Crippen LogP contribution is 2.03. The van der Waals surface area contributed by atoms with Gasteiger partial charge in [-0.3, -0.25) is 4.79 Å². The molecule has 1 N–H and O–H groups in total. The Labute approximate surface area is 97.7 Å². The first-order valence-electron chi connectivity index (χ1n) is 5.13. The number of aliphatic hydroxyl groups is 1. The van der Waals surface area contributed by atoms with Gasteiger partial charge in [0.1, 0.15) is 0 Å². The Kier molecular flexibility index (Phi) is 7.21. The zero-order valence-corrected chi connectivity index (χ0v) is 9.02. The molecule has 90 valence electrons. The molecular formula is C13H21NO2. The fourth-order valence-electron chi connectivity index (χ4n) is 1.36. The van der Waals surface area contributed by atoms with E-state index in [1.165, 1.54) is 5.56 Å². The summed E-state index contributed by atoms with van der Waals surface area (Å²) in [7, 11) is 1.71. The minimum atomic E-state index is 0. The molecular weight excluding hydrogens is 202 g/mol. The fourth-order valence-corrected chi connectivity index (χ4v) is 1.36. The first kappa shape index (κ1) is 14.6. The van der Waals surface area contributed by atoms with E-state index in [9.17, 15) is 4.79 Å². The van der Waals surface area contributed by atoms with Gasteiger partial charge < -0.3 is 10.0 Å². The molecule has 1 aromatic rings. The lowest BCUT2D eigenvalue weighted by molar-refractivity contribution is -0.130. The highest BCUT2D eigenvalue weighted by Gasteiger charge is 2.07. The summed E-state index contributed by atoms with van der Waals surface area (Å²) in [6, 6.07) is 9.93. The van der Waals surface area contributed by atoms with Crippen molar-refractivity contribution in [1.82, 2.24) is 4.90 Å². The molecule has 0 unspecified atom stereocenters. The van der Waals surface area contributed by atoms with Gasteiger partial charge >= 0.3 is 0 Å². The molecule has 1 rings (SSSR count). The van der Waals surface area contributed by atoms with Gasteiger partial charge in [0.15, 0.2) is 0 Å². The largest absolute Gasteiger partial charge is 0.395 e. The van der Waals surface area contributed by atoms with Crippen LogP contribution in [0.3, 0.4) is 0 Å². The number of aryl methyl sites for hydroxylation is 1. The molecule has 0 spiro atoms. The Morgan fingerprint density at radius 3 is 2.50 bits per heavy atom. The minimum Gasteiger partial charge on any atom is -0.395 e. The van der Waals surface area contributed by atoms with Crippen molar-refractivity contribution < 1.29 is 9.90 Å². The molecule has 0 fully saturated rings. The number of nitrogens with zero attached hydrogens (tertiary/aromatic N) is 1. The molecule has 0 atom stereocenters. The summed E-state index contributed by atoms with van der Waals surface area (Å²) in [6.45, 7) is 0.432. The predicted molar refractivity (Wildman–Crippen MR) is 66.2 cm³/mol. The van der Waals surface area contributed by atoms with E-state index < -0.39 is 0 Å². The van der Waals surface area contributed by atoms with Crippen LogP contribution in [-0.2, 0) is 11.2 Å². The van der Waals surface area contributed by atoms with Crippen LogP contribution in [0.2, 0.25) is 0 Å². The Hall–Kier alpha value is -1.35. The maximum Gasteiger partial charge on any atom is 0.222 e. The second-order valence-electron chi connectivity index (χ2n) is 3.52. The van der Waals surface area contributed by atoms with Gasteiger partial charge in [-0.05, 0) is 12.0 Å². The van der Waals surface area contributed by atoms with E-state index in [0.717, 1.165) is 6.42 Å². The summed E-state index contributed by atoms with van der Waals surface area (Å²) in [5, 5.41) is 8.68. The molecule has 1 amide bonds. The quantitative estimate of drug-likeness (QED) is 0.825. The number of likely N-dealkylation sites (N-methyl/N-ethyl adjacent to an activating group) is 1. The summed E-state index contributed by atoms with van der Waals surface area (Å²) in [5.74, 6) is 0.0768. The Balaban J connectivity index is 0.00000225. The van der Waals surface area contributed by atoms with E-state index in [1.807, 2.05) is 30.3 Å². The SMILES string of the molecule is C.CN(CCO)C(=O)CCc1ccccc1. The highest BCUT2D eigenvalue weighted by molar-refractivity contribution is 5.76. The maximum atomic E-state index is 11.5. The van der Waals surface area contributed by atoms with Crippen LogP contribution in [0.5, 0.6) is 0 Å². The van der Waals surface area contributed by atoms with E-state index in [4.69, 9.17) is 5.11 Å². The predicted octanol–water partition coefficient (Wildman–Crippen LogP) is 1.71. The monoisotopic (exact) mass is 223 g/mol. The number of rotatable bonds is 5. The average Bonchev–Trinajstić information content (AvgIpc) is 2.27. The van der Waals surface area contributed by atoms with Crippen LogP contribution in [0.1, 0.15) is 19.4 Å². The van der Waals surface area contributed by atoms with Gasteiger partial charge in [-0.2, -0.15) is 0 Å². The Bertz CT molecular complexity index is 298. The van der Waals surface area contributed by atoms with E-state index in [-0.39, 0.29) is 19.9 Å². The number of carbonyl (C=O) groups is 1. The summed E-state index contributed by atoms with van der Waals surface area (Å²) in [4.78, 5) is 13.1. The van der Waals surface area contributed by atoms with Crippen LogP contribution < -0.4 is 0 Å². The minimum absolute atomic E-state index is 0. The Morgan fingerprint density at radius 2 is 1.94 bits per heavy atom. The highest BCUT2D eigenvalue weighted by atomic mass is 16.3. The molecule has 16 heavy (non-hydrogen) atoms. The maximum absolute atomic E-state index is 11.5. The molecule has 0 heterocycles. The smallest absolute Gasteiger partial charge is 0.222 e. The average molecular weight is 223 g/mol. The van der Waals surface area contributed by atoms with E-state index >= 15 is 0 Å². The molecule has 0 bridgehead atoms. The normalized spacial score (nSPS) is 9.38. The lowest BCUT2D eigenvalue weighted by atomic mass is 10.1. The van der Waals surface area contributed by atoms with Crippen LogP contribution in [0, 0.1) is 0 Å². The summed E-state index contributed by atoms with van der Waals surface area (Å²) < 4.78 is 0. The third-order valence-corrected chi connectivity index (χ3v) is 2.33. The lowest BCUT2D eigenvalue weighted by Gasteiger charge is -2.15. The first-order chi connectivity index (χ1) is 7.24. The number of hydrogen-bond donors (Lipinski definition) is 1. The van der Waals surface area contributed by atoms with Crippen LogP contribution in [0.4, 0.5) is 0 Å². The van der Waals surface area contributed by atoms with Crippen molar-refractivity contribution in [3.63, 3.8) is 0 Å². The van der Waals surface area contributed by atoms with E-state index in [0.29, 0.717) is 13.0 Å². The third kappa shape index (κ3) is 4.94. The van der Waals surface area contributed by atoms with Crippen molar-refractivity contribution >= 4 is 5.91 Å². The van der Waals surface area contributed by atoms with Gasteiger partial charge in [-0.15, -0.1) is 0 Å². The zero-order chi connectivity index (χ0) is 11.1. The molecule has 3 nitrogen and oxygen atoms in total. The van der Waals surface area contributed by atoms with E-state index in [2.05, 4.69) is 0 Å². The molecule has 0 saturated carbocycles. The van der Waals surface area contributed by atoms with Gasteiger partial charge in [0.2, 0.25) is 5.91 Å². The molecule has 0 radical (unpaired) electrons. The lowest BCUT2D eigenvalue weighted by Crippen LogP contribution is -2.29. The van der Waals surface area contributed by atoms with Crippen LogP contribution in [-0.4, -0.2) is 36.1 Å². The van der Waals surface area contributed by atoms with E-state index in [1.54, 1.807) is 11.9 Å². The second kappa shape index (κ2) is 7.88. The second-order valence-corrected chi connectivity index (χ2v) is 3.52. The number of carbonyl (C=O) groups excluding carboxylic acids is 1.